The number of nitrogens with two attached hydrogens (primary N) is 1. The molecule has 86 heavy (non-hydrogen) atoms. The molecule has 1 saturated heterocycles. The Morgan fingerprint density at radius 1 is 0.837 bits per heavy atom. The smallest absolute Gasteiger partial charge is 0.455 e. The molecule has 0 spiro atoms. The summed E-state index contributed by atoms with van der Waals surface area (Å²) in [6, 6.07) is 7.88. The standard InChI is InChI=1S/C50H62N11O20P3S2/c51-47-40-48(55-26-54-47)61(27-56-40)49-43(63)46(36(78-49)25-77-84(70,71)81-83(68,69)58-82(65,66)67)80-50(64)53-17-16-52-38(62)12-2-1-3-15-57-85(72,73)37-24-30(86(74,75)76)13-14-31(37)39-34-22-28-8-4-18-59-20-6-10-32(41(28)59)44(34)79-45-33-11-7-21-60-19-5-9-29(42(33)60)23-35(39)45/h13-14,22-24,26-27,36,43,46,49,57,63H,1-12,15-21,25H2,(H9-,51,52,53,54,55,58,62,64,65,66,67,68,69,70,71,74,75,76)/p+1/t36-,43-,46-,49?/m1/s1. The molecule has 0 saturated carbocycles. The van der Waals surface area contributed by atoms with Gasteiger partial charge < -0.3 is 60.2 Å². The zero-order chi connectivity index (χ0) is 61.1. The van der Waals surface area contributed by atoms with Crippen molar-refractivity contribution >= 4 is 83.7 Å². The Kier molecular flexibility index (Phi) is 17.4. The predicted octanol–water partition coefficient (Wildman–Crippen LogP) is 1.02. The third-order valence-electron chi connectivity index (χ3n) is 15.7. The van der Waals surface area contributed by atoms with Crippen LogP contribution in [-0.2, 0) is 82.6 Å². The van der Waals surface area contributed by atoms with Gasteiger partial charge in [-0.25, -0.2) is 51.2 Å². The van der Waals surface area contributed by atoms with Gasteiger partial charge in [0.25, 0.3) is 10.1 Å². The number of alkyl carbamates (subject to hydrolysis) is 1. The first-order valence-corrected chi connectivity index (χ1v) is 35.3. The van der Waals surface area contributed by atoms with Crippen molar-refractivity contribution in [3.05, 3.63) is 86.9 Å². The highest BCUT2D eigenvalue weighted by Gasteiger charge is 2.50. The van der Waals surface area contributed by atoms with Gasteiger partial charge in [-0.1, -0.05) is 12.5 Å². The van der Waals surface area contributed by atoms with Crippen molar-refractivity contribution < 1.29 is 92.4 Å². The Hall–Kier alpha value is -5.83. The number of ether oxygens (including phenoxy) is 3. The van der Waals surface area contributed by atoms with Crippen molar-refractivity contribution in [3.8, 4) is 11.5 Å². The highest BCUT2D eigenvalue weighted by molar-refractivity contribution is 7.89. The lowest BCUT2D eigenvalue weighted by molar-refractivity contribution is -0.121. The van der Waals surface area contributed by atoms with E-state index in [1.165, 1.54) is 27.7 Å². The van der Waals surface area contributed by atoms with E-state index in [4.69, 9.17) is 34.3 Å². The van der Waals surface area contributed by atoms with Crippen LogP contribution in [-0.4, -0.2) is 148 Å². The van der Waals surface area contributed by atoms with Crippen molar-refractivity contribution in [2.45, 2.75) is 111 Å². The van der Waals surface area contributed by atoms with Crippen molar-refractivity contribution in [3.63, 3.8) is 0 Å². The number of carbonyl (C=O) groups excluding carboxylic acids is 2. The second kappa shape index (κ2) is 24.3. The topological polar surface area (TPSA) is 445 Å². The van der Waals surface area contributed by atoms with Crippen molar-refractivity contribution in [1.82, 2.24) is 44.3 Å². The van der Waals surface area contributed by atoms with Crippen molar-refractivity contribution in [1.29, 1.82) is 0 Å². The molecule has 2 amide bonds. The molecule has 1 fully saturated rings. The fourth-order valence-corrected chi connectivity index (χ4v) is 17.5. The molecule has 5 aromatic rings. The number of rotatable bonds is 22. The number of benzene rings is 3. The Labute approximate surface area is 491 Å². The molecule has 2 aromatic heterocycles. The van der Waals surface area contributed by atoms with E-state index in [0.717, 1.165) is 134 Å². The summed E-state index contributed by atoms with van der Waals surface area (Å²) in [5, 5.41) is 18.3. The zero-order valence-electron chi connectivity index (χ0n) is 45.8. The number of imidazole rings is 1. The number of aliphatic hydroxyl groups excluding tert-OH is 1. The van der Waals surface area contributed by atoms with Gasteiger partial charge in [0, 0.05) is 90.7 Å². The van der Waals surface area contributed by atoms with E-state index in [1.54, 1.807) is 0 Å². The maximum atomic E-state index is 14.7. The van der Waals surface area contributed by atoms with Crippen LogP contribution in [0.1, 0.15) is 91.0 Å². The highest BCUT2D eigenvalue weighted by Crippen LogP contribution is 2.61. The van der Waals surface area contributed by atoms with Gasteiger partial charge in [0.15, 0.2) is 23.8 Å². The van der Waals surface area contributed by atoms with E-state index in [1.807, 2.05) is 0 Å². The first kappa shape index (κ1) is 61.8. The van der Waals surface area contributed by atoms with E-state index < -0.39 is 91.5 Å². The van der Waals surface area contributed by atoms with Crippen LogP contribution in [0.2, 0.25) is 0 Å². The number of aryl methyl sites for hydroxylation is 2. The number of phosphoric acid groups is 1. The fourth-order valence-electron chi connectivity index (χ4n) is 12.2. The normalized spacial score (nSPS) is 21.3. The SMILES string of the molecule is Nc1ncnc2c1ncn2C1O[C@H](COP(=O)(O)OP(=O)(O)NP(=O)(O)O)[C@@H](OC(=O)NCCNC(=O)CCCCCNS(=O)(=O)c2cc(S(=O)(=O)O)ccc2C2=c3cc4c5c(c3Oc3c2cc2c6c3CCCN6CCC2)CCC[N+]=5CCC4)[C@H]1O. The van der Waals surface area contributed by atoms with E-state index in [0.29, 0.717) is 29.9 Å². The minimum Gasteiger partial charge on any atom is -0.455 e. The van der Waals surface area contributed by atoms with E-state index in [-0.39, 0.29) is 59.9 Å². The number of amides is 2. The molecule has 3 unspecified atom stereocenters. The second-order valence-corrected chi connectivity index (χ2v) is 29.4. The van der Waals surface area contributed by atoms with Crippen LogP contribution in [0.4, 0.5) is 16.3 Å². The second-order valence-electron chi connectivity index (χ2n) is 21.5. The molecule has 6 aliphatic rings. The van der Waals surface area contributed by atoms with Gasteiger partial charge in [0.05, 0.1) is 28.3 Å². The number of phosphoric ester groups is 1. The average molecular weight is 1300 g/mol. The third-order valence-corrected chi connectivity index (χ3v) is 22.3. The van der Waals surface area contributed by atoms with E-state index >= 15 is 0 Å². The number of carbonyl (C=O) groups is 2. The molecule has 464 valence electrons. The predicted molar refractivity (Wildman–Crippen MR) is 303 cm³/mol. The number of sulfonamides is 1. The molecular weight excluding hydrogens is 1230 g/mol. The van der Waals surface area contributed by atoms with Crippen LogP contribution in [0.25, 0.3) is 16.7 Å². The number of hydrogen-bond acceptors (Lipinski definition) is 20. The number of fused-ring (bicyclic) bond motifs is 5. The average Bonchev–Trinajstić information content (AvgIpc) is 2.49. The summed E-state index contributed by atoms with van der Waals surface area (Å²) in [5.74, 6) is 0.874. The van der Waals surface area contributed by atoms with Gasteiger partial charge in [0.1, 0.15) is 48.6 Å². The Balaban J connectivity index is 0.725. The number of unbranched alkanes of at least 4 members (excludes halogenated alkanes) is 2. The summed E-state index contributed by atoms with van der Waals surface area (Å²) in [4.78, 5) is 78.1. The molecule has 12 N–H and O–H groups in total. The molecular formula is C50H63N11O20P3S2+. The number of nitrogens with one attached hydrogen (secondary N) is 4. The fraction of sp³-hybridized carbons (Fsp3) is 0.480. The summed E-state index contributed by atoms with van der Waals surface area (Å²) in [6.07, 6.45) is 2.23. The molecule has 6 atom stereocenters. The molecule has 8 heterocycles. The maximum absolute atomic E-state index is 14.7. The molecule has 0 bridgehead atoms. The molecule has 3 aromatic carbocycles. The number of aromatic nitrogens is 4. The number of hydrogen-bond donors (Lipinski definition) is 11. The van der Waals surface area contributed by atoms with Crippen LogP contribution in [0.15, 0.2) is 52.8 Å². The third kappa shape index (κ3) is 13.0. The van der Waals surface area contributed by atoms with Crippen molar-refractivity contribution in [2.75, 3.05) is 63.1 Å². The first-order chi connectivity index (χ1) is 40.8. The highest BCUT2D eigenvalue weighted by atomic mass is 32.2. The van der Waals surface area contributed by atoms with Crippen LogP contribution in [0.5, 0.6) is 11.5 Å². The number of aliphatic hydroxyl groups is 1. The lowest BCUT2D eigenvalue weighted by Gasteiger charge is -2.39. The molecule has 6 aliphatic heterocycles. The number of nitrogen functional groups attached to an aromatic ring is 1. The van der Waals surface area contributed by atoms with Crippen molar-refractivity contribution in [2.24, 2.45) is 0 Å². The van der Waals surface area contributed by atoms with Crippen LogP contribution >= 0.6 is 23.3 Å². The van der Waals surface area contributed by atoms with E-state index in [2.05, 4.69) is 56.2 Å². The van der Waals surface area contributed by atoms with Gasteiger partial charge in [-0.3, -0.25) is 18.4 Å². The maximum Gasteiger partial charge on any atom is 0.480 e. The summed E-state index contributed by atoms with van der Waals surface area (Å²) in [5.41, 5.74) is 13.2. The van der Waals surface area contributed by atoms with Crippen LogP contribution < -0.4 is 50.7 Å². The Morgan fingerprint density at radius 3 is 2.34 bits per heavy atom. The number of nitrogens with zero attached hydrogens (tertiary/aromatic N) is 6. The van der Waals surface area contributed by atoms with Gasteiger partial charge in [0.2, 0.25) is 21.3 Å². The molecule has 0 aliphatic carbocycles. The summed E-state index contributed by atoms with van der Waals surface area (Å²) < 4.78 is 134. The Bertz CT molecular complexity index is 4090. The minimum atomic E-state index is -5.67. The van der Waals surface area contributed by atoms with Gasteiger partial charge in [-0.2, -0.15) is 12.7 Å². The molecule has 31 nitrogen and oxygen atoms in total. The monoisotopic (exact) mass is 1290 g/mol. The first-order valence-electron chi connectivity index (χ1n) is 27.6. The molecule has 11 rings (SSSR count). The lowest BCUT2D eigenvalue weighted by Crippen LogP contribution is -2.45. The van der Waals surface area contributed by atoms with E-state index in [9.17, 15) is 59.6 Å². The van der Waals surface area contributed by atoms with Gasteiger partial charge in [-0.05, 0) is 81.2 Å². The summed E-state index contributed by atoms with van der Waals surface area (Å²) in [6.45, 7) is 2.14. The number of anilines is 2. The van der Waals surface area contributed by atoms with Gasteiger partial charge >= 0.3 is 29.4 Å². The molecule has 36 heteroatoms. The minimum absolute atomic E-state index is 0.00241. The van der Waals surface area contributed by atoms with Crippen LogP contribution in [0, 0.1) is 0 Å². The lowest BCUT2D eigenvalue weighted by atomic mass is 9.82. The largest absolute Gasteiger partial charge is 0.480 e. The van der Waals surface area contributed by atoms with Gasteiger partial charge in [-0.15, -0.1) is 4.86 Å². The summed E-state index contributed by atoms with van der Waals surface area (Å²) >= 11 is 0. The Morgan fingerprint density at radius 2 is 1.57 bits per heavy atom. The summed E-state index contributed by atoms with van der Waals surface area (Å²) in [7, 11) is -26.2. The zero-order valence-corrected chi connectivity index (χ0v) is 50.1. The quantitative estimate of drug-likeness (QED) is 0.0196. The molecule has 0 radical (unpaired) electrons. The van der Waals surface area contributed by atoms with Crippen LogP contribution in [0.3, 0.4) is 0 Å².